The van der Waals surface area contributed by atoms with E-state index >= 15 is 0 Å². The SMILES string of the molecule is O=S1(=O)c2ccccc2-c2ccc(-c3cccc(-n4c5ccccc5c5cc(-c6cccc(-c7c(-c8ccccc8)nc8ccccn78)c6)ccc54)c3)cc21. The summed E-state index contributed by atoms with van der Waals surface area (Å²) in [6.45, 7) is 0. The molecule has 5 nitrogen and oxygen atoms in total. The second-order valence-corrected chi connectivity index (χ2v) is 15.9. The molecule has 1 aliphatic heterocycles. The van der Waals surface area contributed by atoms with Gasteiger partial charge in [0.1, 0.15) is 5.65 Å². The van der Waals surface area contributed by atoms with E-state index in [0.29, 0.717) is 9.79 Å². The third-order valence-electron chi connectivity index (χ3n) is 10.9. The summed E-state index contributed by atoms with van der Waals surface area (Å²) in [5, 5.41) is 2.32. The highest BCUT2D eigenvalue weighted by Crippen LogP contribution is 2.45. The van der Waals surface area contributed by atoms with E-state index in [9.17, 15) is 8.42 Å². The predicted octanol–water partition coefficient (Wildman–Crippen LogP) is 11.9. The molecule has 0 spiro atoms. The van der Waals surface area contributed by atoms with Crippen molar-refractivity contribution in [2.75, 3.05) is 0 Å². The highest BCUT2D eigenvalue weighted by molar-refractivity contribution is 7.92. The zero-order valence-electron chi connectivity index (χ0n) is 29.5. The van der Waals surface area contributed by atoms with E-state index < -0.39 is 9.84 Å². The lowest BCUT2D eigenvalue weighted by atomic mass is 9.98. The number of para-hydroxylation sites is 1. The van der Waals surface area contributed by atoms with Gasteiger partial charge in [-0.2, -0.15) is 0 Å². The third kappa shape index (κ3) is 4.85. The van der Waals surface area contributed by atoms with Gasteiger partial charge < -0.3 is 4.57 Å². The Hall–Kier alpha value is -7.02. The molecular formula is C49H31N3O2S. The average Bonchev–Trinajstić information content (AvgIpc) is 3.87. The topological polar surface area (TPSA) is 56.4 Å². The van der Waals surface area contributed by atoms with Crippen LogP contribution in [0, 0.1) is 0 Å². The van der Waals surface area contributed by atoms with Crippen molar-refractivity contribution in [2.24, 2.45) is 0 Å². The van der Waals surface area contributed by atoms with Crippen LogP contribution < -0.4 is 0 Å². The highest BCUT2D eigenvalue weighted by Gasteiger charge is 2.32. The van der Waals surface area contributed by atoms with Crippen LogP contribution in [0.1, 0.15) is 0 Å². The van der Waals surface area contributed by atoms with Gasteiger partial charge in [0.25, 0.3) is 0 Å². The Morgan fingerprint density at radius 1 is 0.436 bits per heavy atom. The Morgan fingerprint density at radius 2 is 1.09 bits per heavy atom. The summed E-state index contributed by atoms with van der Waals surface area (Å²) in [5.41, 5.74) is 13.9. The molecule has 260 valence electrons. The first-order valence-electron chi connectivity index (χ1n) is 18.3. The summed E-state index contributed by atoms with van der Waals surface area (Å²) in [5.74, 6) is 0. The Morgan fingerprint density at radius 3 is 2.00 bits per heavy atom. The van der Waals surface area contributed by atoms with Gasteiger partial charge in [-0.3, -0.25) is 4.40 Å². The highest BCUT2D eigenvalue weighted by atomic mass is 32.2. The van der Waals surface area contributed by atoms with Crippen molar-refractivity contribution in [1.82, 2.24) is 14.0 Å². The Kier molecular flexibility index (Phi) is 6.87. The molecule has 0 N–H and O–H groups in total. The molecule has 55 heavy (non-hydrogen) atoms. The number of aromatic nitrogens is 3. The van der Waals surface area contributed by atoms with Crippen molar-refractivity contribution in [3.8, 4) is 61.6 Å². The molecule has 6 heteroatoms. The molecule has 0 radical (unpaired) electrons. The minimum atomic E-state index is -3.58. The molecule has 11 rings (SSSR count). The van der Waals surface area contributed by atoms with Crippen LogP contribution in [0.4, 0.5) is 0 Å². The van der Waals surface area contributed by atoms with Crippen LogP contribution in [0.2, 0.25) is 0 Å². The summed E-state index contributed by atoms with van der Waals surface area (Å²) in [6.07, 6.45) is 2.08. The van der Waals surface area contributed by atoms with Gasteiger partial charge in [-0.25, -0.2) is 13.4 Å². The van der Waals surface area contributed by atoms with Gasteiger partial charge in [-0.05, 0) is 82.9 Å². The fraction of sp³-hybridized carbons (Fsp3) is 0. The molecule has 0 saturated heterocycles. The minimum Gasteiger partial charge on any atom is -0.309 e. The van der Waals surface area contributed by atoms with E-state index in [1.165, 1.54) is 0 Å². The number of pyridine rings is 1. The molecule has 0 unspecified atom stereocenters. The van der Waals surface area contributed by atoms with Crippen molar-refractivity contribution in [1.29, 1.82) is 0 Å². The molecular weight excluding hydrogens is 695 g/mol. The number of hydrogen-bond donors (Lipinski definition) is 0. The van der Waals surface area contributed by atoms with Crippen LogP contribution in [0.25, 0.3) is 89.0 Å². The second-order valence-electron chi connectivity index (χ2n) is 14.0. The molecule has 0 bridgehead atoms. The standard InChI is InChI=1S/C49H31N3O2S/c53-55(54)45-21-7-5-19-40(45)41-25-23-36(31-46(41)55)34-15-11-17-38(29-34)52-43-20-6-4-18-39(43)42-30-35(24-26-44(42)52)33-14-10-16-37(28-33)49-48(32-12-2-1-3-13-32)50-47-22-8-9-27-51(47)49/h1-31H. The molecule has 0 atom stereocenters. The number of sulfone groups is 1. The molecule has 0 fully saturated rings. The normalized spacial score (nSPS) is 13.0. The number of hydrogen-bond acceptors (Lipinski definition) is 3. The lowest BCUT2D eigenvalue weighted by Crippen LogP contribution is -1.97. The van der Waals surface area contributed by atoms with Crippen molar-refractivity contribution in [3.63, 3.8) is 0 Å². The summed E-state index contributed by atoms with van der Waals surface area (Å²) in [4.78, 5) is 5.80. The van der Waals surface area contributed by atoms with Crippen LogP contribution in [0.3, 0.4) is 0 Å². The number of nitrogens with zero attached hydrogens (tertiary/aromatic N) is 3. The van der Waals surface area contributed by atoms with Gasteiger partial charge in [-0.15, -0.1) is 0 Å². The van der Waals surface area contributed by atoms with Crippen LogP contribution in [-0.4, -0.2) is 22.4 Å². The van der Waals surface area contributed by atoms with E-state index in [1.54, 1.807) is 12.1 Å². The first kappa shape index (κ1) is 31.5. The molecule has 1 aliphatic rings. The van der Waals surface area contributed by atoms with E-state index in [0.717, 1.165) is 89.0 Å². The maximum absolute atomic E-state index is 13.5. The van der Waals surface area contributed by atoms with Crippen molar-refractivity contribution in [3.05, 3.63) is 188 Å². The predicted molar refractivity (Wildman–Crippen MR) is 222 cm³/mol. The van der Waals surface area contributed by atoms with Gasteiger partial charge in [0.2, 0.25) is 9.84 Å². The molecule has 4 heterocycles. The maximum Gasteiger partial charge on any atom is 0.207 e. The Balaban J connectivity index is 1.02. The fourth-order valence-corrected chi connectivity index (χ4v) is 10.1. The first-order chi connectivity index (χ1) is 27.0. The van der Waals surface area contributed by atoms with E-state index in [1.807, 2.05) is 60.7 Å². The van der Waals surface area contributed by atoms with Crippen molar-refractivity contribution < 1.29 is 8.42 Å². The maximum atomic E-state index is 13.5. The van der Waals surface area contributed by atoms with Crippen molar-refractivity contribution in [2.45, 2.75) is 9.79 Å². The fourth-order valence-electron chi connectivity index (χ4n) is 8.36. The molecule has 0 amide bonds. The van der Waals surface area contributed by atoms with Crippen LogP contribution in [-0.2, 0) is 9.84 Å². The average molecular weight is 726 g/mol. The van der Waals surface area contributed by atoms with Gasteiger partial charge in [0, 0.05) is 44.9 Å². The molecule has 0 saturated carbocycles. The van der Waals surface area contributed by atoms with Gasteiger partial charge >= 0.3 is 0 Å². The largest absolute Gasteiger partial charge is 0.309 e. The van der Waals surface area contributed by atoms with Gasteiger partial charge in [0.15, 0.2) is 0 Å². The Bertz CT molecular complexity index is 3290. The quantitative estimate of drug-likeness (QED) is 0.177. The molecule has 10 aromatic rings. The van der Waals surface area contributed by atoms with E-state index in [-0.39, 0.29) is 0 Å². The van der Waals surface area contributed by atoms with Crippen LogP contribution in [0.5, 0.6) is 0 Å². The van der Waals surface area contributed by atoms with Gasteiger partial charge in [-0.1, -0.05) is 121 Å². The van der Waals surface area contributed by atoms with Crippen LogP contribution in [0.15, 0.2) is 198 Å². The summed E-state index contributed by atoms with van der Waals surface area (Å²) >= 11 is 0. The zero-order chi connectivity index (χ0) is 36.7. The number of benzene rings is 7. The number of fused-ring (bicyclic) bond motifs is 7. The molecule has 3 aromatic heterocycles. The number of imidazole rings is 1. The van der Waals surface area contributed by atoms with E-state index in [4.69, 9.17) is 4.98 Å². The van der Waals surface area contributed by atoms with E-state index in [2.05, 4.69) is 124 Å². The monoisotopic (exact) mass is 725 g/mol. The first-order valence-corrected chi connectivity index (χ1v) is 19.8. The van der Waals surface area contributed by atoms with Crippen molar-refractivity contribution >= 4 is 37.3 Å². The lowest BCUT2D eigenvalue weighted by Gasteiger charge is -2.12. The lowest BCUT2D eigenvalue weighted by molar-refractivity contribution is 0.598. The Labute approximate surface area is 318 Å². The second kappa shape index (κ2) is 12.0. The number of rotatable bonds is 5. The molecule has 0 aliphatic carbocycles. The smallest absolute Gasteiger partial charge is 0.207 e. The minimum absolute atomic E-state index is 0.364. The third-order valence-corrected chi connectivity index (χ3v) is 12.7. The molecule has 7 aromatic carbocycles. The summed E-state index contributed by atoms with van der Waals surface area (Å²) in [7, 11) is -3.58. The van der Waals surface area contributed by atoms with Gasteiger partial charge in [0.05, 0.1) is 32.2 Å². The summed E-state index contributed by atoms with van der Waals surface area (Å²) in [6, 6.07) is 61.9. The zero-order valence-corrected chi connectivity index (χ0v) is 30.3. The van der Waals surface area contributed by atoms with Crippen LogP contribution >= 0.6 is 0 Å². The summed E-state index contributed by atoms with van der Waals surface area (Å²) < 4.78 is 31.5.